The van der Waals surface area contributed by atoms with Gasteiger partial charge in [0, 0.05) is 6.42 Å². The van der Waals surface area contributed by atoms with E-state index in [0.29, 0.717) is 6.42 Å². The van der Waals surface area contributed by atoms with Crippen molar-refractivity contribution in [3.8, 4) is 0 Å². The smallest absolute Gasteiger partial charge is 0.150 e. The summed E-state index contributed by atoms with van der Waals surface area (Å²) in [5.41, 5.74) is 6.96. The predicted molar refractivity (Wildman–Crippen MR) is 67.2 cm³/mol. The van der Waals surface area contributed by atoms with E-state index in [0.717, 1.165) is 6.42 Å². The number of carbonyl (C=O) groups is 1. The molecule has 1 aromatic carbocycles. The Balaban J connectivity index is 2.48. The number of nitrogens with two attached hydrogens (primary N) is 1. The first-order valence-corrected chi connectivity index (χ1v) is 5.73. The minimum absolute atomic E-state index is 0.145. The zero-order valence-electron chi connectivity index (χ0n) is 10.4. The monoisotopic (exact) mass is 219 g/mol. The minimum atomic E-state index is -0.365. The van der Waals surface area contributed by atoms with E-state index in [9.17, 15) is 4.79 Å². The molecular formula is C14H21NO. The van der Waals surface area contributed by atoms with Crippen LogP contribution in [0.15, 0.2) is 30.3 Å². The number of Topliss-reactive ketones (excluding diaryl/α,β-unsaturated/α-hetero) is 1. The molecule has 1 rings (SSSR count). The molecule has 1 aromatic rings. The Hall–Kier alpha value is -1.15. The summed E-state index contributed by atoms with van der Waals surface area (Å²) in [6, 6.07) is 9.67. The quantitative estimate of drug-likeness (QED) is 0.845. The number of hydrogen-bond acceptors (Lipinski definition) is 2. The second-order valence-electron chi connectivity index (χ2n) is 5.30. The summed E-state index contributed by atoms with van der Waals surface area (Å²) in [5, 5.41) is 0. The van der Waals surface area contributed by atoms with Gasteiger partial charge in [0.25, 0.3) is 0 Å². The molecule has 88 valence electrons. The van der Waals surface area contributed by atoms with Crippen molar-refractivity contribution in [3.05, 3.63) is 35.9 Å². The third kappa shape index (κ3) is 3.78. The second-order valence-corrected chi connectivity index (χ2v) is 5.30. The van der Waals surface area contributed by atoms with Crippen LogP contribution in [-0.4, -0.2) is 11.8 Å². The molecule has 2 heteroatoms. The molecule has 0 aromatic heterocycles. The Kier molecular flexibility index (Phi) is 4.25. The number of hydrogen-bond donors (Lipinski definition) is 1. The van der Waals surface area contributed by atoms with Gasteiger partial charge in [-0.2, -0.15) is 0 Å². The summed E-state index contributed by atoms with van der Waals surface area (Å²) in [5.74, 6) is 0.149. The van der Waals surface area contributed by atoms with Crippen molar-refractivity contribution >= 4 is 5.78 Å². The summed E-state index contributed by atoms with van der Waals surface area (Å²) in [4.78, 5) is 11.8. The fraction of sp³-hybridized carbons (Fsp3) is 0.500. The number of ketones is 1. The number of rotatable bonds is 4. The first-order valence-electron chi connectivity index (χ1n) is 5.73. The lowest BCUT2D eigenvalue weighted by Gasteiger charge is -2.25. The van der Waals surface area contributed by atoms with E-state index in [1.165, 1.54) is 5.56 Å². The zero-order chi connectivity index (χ0) is 12.2. The van der Waals surface area contributed by atoms with Gasteiger partial charge in [-0.15, -0.1) is 0 Å². The molecule has 0 aliphatic rings. The van der Waals surface area contributed by atoms with Crippen LogP contribution < -0.4 is 5.73 Å². The minimum Gasteiger partial charge on any atom is -0.321 e. The van der Waals surface area contributed by atoms with Gasteiger partial charge in [0.05, 0.1) is 6.04 Å². The summed E-state index contributed by atoms with van der Waals surface area (Å²) >= 11 is 0. The van der Waals surface area contributed by atoms with Gasteiger partial charge in [0.15, 0.2) is 0 Å². The van der Waals surface area contributed by atoms with E-state index >= 15 is 0 Å². The van der Waals surface area contributed by atoms with E-state index in [1.807, 2.05) is 51.1 Å². The molecule has 0 radical (unpaired) electrons. The van der Waals surface area contributed by atoms with Crippen LogP contribution in [0.4, 0.5) is 0 Å². The standard InChI is InChI=1S/C14H21NO/c1-14(2,3)13(15)12(16)10-9-11-7-5-4-6-8-11/h4-8,13H,9-10,15H2,1-3H3. The van der Waals surface area contributed by atoms with Gasteiger partial charge in [0.2, 0.25) is 0 Å². The highest BCUT2D eigenvalue weighted by Gasteiger charge is 2.26. The predicted octanol–water partition coefficient (Wildman–Crippen LogP) is 2.56. The highest BCUT2D eigenvalue weighted by Crippen LogP contribution is 2.19. The molecule has 0 saturated carbocycles. The second kappa shape index (κ2) is 5.26. The van der Waals surface area contributed by atoms with Gasteiger partial charge in [-0.3, -0.25) is 4.79 Å². The molecule has 0 heterocycles. The summed E-state index contributed by atoms with van der Waals surface area (Å²) in [6.07, 6.45) is 1.31. The molecule has 0 fully saturated rings. The van der Waals surface area contributed by atoms with Gasteiger partial charge in [0.1, 0.15) is 5.78 Å². The fourth-order valence-electron chi connectivity index (χ4n) is 1.55. The molecular weight excluding hydrogens is 198 g/mol. The molecule has 0 amide bonds. The van der Waals surface area contributed by atoms with Crippen LogP contribution in [-0.2, 0) is 11.2 Å². The summed E-state index contributed by atoms with van der Waals surface area (Å²) in [7, 11) is 0. The van der Waals surface area contributed by atoms with Crippen LogP contribution in [0.3, 0.4) is 0 Å². The molecule has 0 saturated heterocycles. The Morgan fingerprint density at radius 1 is 1.25 bits per heavy atom. The van der Waals surface area contributed by atoms with Crippen molar-refractivity contribution < 1.29 is 4.79 Å². The van der Waals surface area contributed by atoms with Crippen LogP contribution >= 0.6 is 0 Å². The maximum Gasteiger partial charge on any atom is 0.150 e. The average molecular weight is 219 g/mol. The molecule has 0 aliphatic carbocycles. The lowest BCUT2D eigenvalue weighted by atomic mass is 9.83. The lowest BCUT2D eigenvalue weighted by molar-refractivity contribution is -0.122. The van der Waals surface area contributed by atoms with Gasteiger partial charge >= 0.3 is 0 Å². The van der Waals surface area contributed by atoms with Crippen molar-refractivity contribution in [2.45, 2.75) is 39.7 Å². The van der Waals surface area contributed by atoms with Crippen LogP contribution in [0.5, 0.6) is 0 Å². The Morgan fingerprint density at radius 3 is 2.31 bits per heavy atom. The largest absolute Gasteiger partial charge is 0.321 e. The number of benzene rings is 1. The zero-order valence-corrected chi connectivity index (χ0v) is 10.4. The molecule has 1 unspecified atom stereocenters. The van der Waals surface area contributed by atoms with Crippen molar-refractivity contribution in [1.29, 1.82) is 0 Å². The number of carbonyl (C=O) groups excluding carboxylic acids is 1. The van der Waals surface area contributed by atoms with Crippen LogP contribution in [0.25, 0.3) is 0 Å². The van der Waals surface area contributed by atoms with E-state index in [-0.39, 0.29) is 17.2 Å². The van der Waals surface area contributed by atoms with Crippen LogP contribution in [0.1, 0.15) is 32.8 Å². The van der Waals surface area contributed by atoms with Crippen molar-refractivity contribution in [2.24, 2.45) is 11.1 Å². The van der Waals surface area contributed by atoms with Crippen molar-refractivity contribution in [1.82, 2.24) is 0 Å². The van der Waals surface area contributed by atoms with Crippen molar-refractivity contribution in [2.75, 3.05) is 0 Å². The Bertz CT molecular complexity index is 338. The summed E-state index contributed by atoms with van der Waals surface area (Å²) in [6.45, 7) is 5.99. The van der Waals surface area contributed by atoms with Gasteiger partial charge in [-0.1, -0.05) is 51.1 Å². The van der Waals surface area contributed by atoms with E-state index in [2.05, 4.69) is 0 Å². The molecule has 16 heavy (non-hydrogen) atoms. The lowest BCUT2D eigenvalue weighted by Crippen LogP contribution is -2.42. The van der Waals surface area contributed by atoms with Crippen molar-refractivity contribution in [3.63, 3.8) is 0 Å². The normalized spacial score (nSPS) is 13.5. The topological polar surface area (TPSA) is 43.1 Å². The molecule has 0 bridgehead atoms. The molecule has 2 N–H and O–H groups in total. The highest BCUT2D eigenvalue weighted by molar-refractivity contribution is 5.84. The van der Waals surface area contributed by atoms with E-state index in [4.69, 9.17) is 5.73 Å². The van der Waals surface area contributed by atoms with Crippen LogP contribution in [0.2, 0.25) is 0 Å². The third-order valence-corrected chi connectivity index (χ3v) is 2.78. The average Bonchev–Trinajstić information content (AvgIpc) is 2.25. The Morgan fingerprint density at radius 2 is 1.81 bits per heavy atom. The number of aryl methyl sites for hydroxylation is 1. The van der Waals surface area contributed by atoms with Gasteiger partial charge in [-0.05, 0) is 17.4 Å². The molecule has 0 spiro atoms. The van der Waals surface area contributed by atoms with Gasteiger partial charge in [-0.25, -0.2) is 0 Å². The van der Waals surface area contributed by atoms with E-state index in [1.54, 1.807) is 0 Å². The first kappa shape index (κ1) is 12.9. The highest BCUT2D eigenvalue weighted by atomic mass is 16.1. The fourth-order valence-corrected chi connectivity index (χ4v) is 1.55. The maximum absolute atomic E-state index is 11.8. The van der Waals surface area contributed by atoms with Gasteiger partial charge < -0.3 is 5.73 Å². The molecule has 0 aliphatic heterocycles. The maximum atomic E-state index is 11.8. The summed E-state index contributed by atoms with van der Waals surface area (Å²) < 4.78 is 0. The first-order chi connectivity index (χ1) is 7.41. The van der Waals surface area contributed by atoms with Crippen LogP contribution in [0, 0.1) is 5.41 Å². The van der Waals surface area contributed by atoms with E-state index < -0.39 is 0 Å². The molecule has 2 nitrogen and oxygen atoms in total. The third-order valence-electron chi connectivity index (χ3n) is 2.78. The SMILES string of the molecule is CC(C)(C)C(N)C(=O)CCc1ccccc1. The molecule has 1 atom stereocenters. The Labute approximate surface area is 97.9 Å².